The molecule has 6 heterocycles. The van der Waals surface area contributed by atoms with Crippen LogP contribution in [-0.2, 0) is 28.5 Å². The molecule has 17 heteroatoms. The van der Waals surface area contributed by atoms with Gasteiger partial charge in [-0.05, 0) is 121 Å². The van der Waals surface area contributed by atoms with E-state index in [-0.39, 0.29) is 47.8 Å². The van der Waals surface area contributed by atoms with E-state index in [0.717, 1.165) is 63.6 Å². The van der Waals surface area contributed by atoms with Crippen LogP contribution in [0.5, 0.6) is 0 Å². The van der Waals surface area contributed by atoms with Crippen LogP contribution in [0.2, 0.25) is 5.15 Å². The van der Waals surface area contributed by atoms with Gasteiger partial charge in [0.1, 0.15) is 23.7 Å². The molecule has 4 saturated heterocycles. The summed E-state index contributed by atoms with van der Waals surface area (Å²) >= 11 is 6.88. The van der Waals surface area contributed by atoms with E-state index in [9.17, 15) is 19.2 Å². The minimum absolute atomic E-state index is 0.0418. The fraction of sp³-hybridized carbons (Fsp3) is 0.510. The summed E-state index contributed by atoms with van der Waals surface area (Å²) in [5, 5.41) is 8.14. The number of nitrogens with zero attached hydrogens (tertiary/aromatic N) is 4. The molecule has 6 aliphatic rings. The number of aromatic nitrogens is 4. The SMILES string of the molecule is COC(=O)N[C@H](C(=O)N1C2C(C[C@H]1c1nc3ccc(-c4ccc5cc(-c6[nH]c([C@@H]7C[C@H]8C[C@H]8N7C(=O)[C@@H](NC(=O)OC)C7CCOCC7)nc6Cl)ccc5c4)cc3[nH]1)[C@H]2C)C1CCOCC1. The summed E-state index contributed by atoms with van der Waals surface area (Å²) < 4.78 is 21.0. The molecule has 0 radical (unpaired) electrons. The zero-order chi connectivity index (χ0) is 45.4. The third-order valence-corrected chi connectivity index (χ3v) is 15.7. The smallest absolute Gasteiger partial charge is 0.407 e. The molecule has 0 bridgehead atoms. The number of rotatable bonds is 10. The number of halogens is 1. The van der Waals surface area contributed by atoms with E-state index in [2.05, 4.69) is 70.0 Å². The first-order chi connectivity index (χ1) is 32.1. The number of alkyl carbamates (subject to hydrolysis) is 2. The number of likely N-dealkylation sites (tertiary alicyclic amines) is 2. The molecule has 346 valence electrons. The number of hydrogen-bond donors (Lipinski definition) is 4. The molecule has 4 amide bonds. The summed E-state index contributed by atoms with van der Waals surface area (Å²) in [5.41, 5.74) is 5.34. The molecule has 5 aromatic rings. The minimum Gasteiger partial charge on any atom is -0.453 e. The van der Waals surface area contributed by atoms with Gasteiger partial charge in [0.05, 0.1) is 43.0 Å². The van der Waals surface area contributed by atoms with Crippen LogP contribution in [-0.4, -0.2) is 119 Å². The van der Waals surface area contributed by atoms with Crippen molar-refractivity contribution in [2.75, 3.05) is 40.6 Å². The molecule has 4 aliphatic heterocycles. The van der Waals surface area contributed by atoms with Crippen molar-refractivity contribution in [2.45, 2.75) is 88.1 Å². The molecule has 2 unspecified atom stereocenters. The number of fused-ring (bicyclic) bond motifs is 4. The lowest BCUT2D eigenvalue weighted by Gasteiger charge is -2.35. The Morgan fingerprint density at radius 2 is 1.27 bits per heavy atom. The predicted octanol–water partition coefficient (Wildman–Crippen LogP) is 7.30. The molecule has 2 aliphatic carbocycles. The van der Waals surface area contributed by atoms with Gasteiger partial charge in [-0.3, -0.25) is 9.59 Å². The number of aromatic amines is 2. The lowest BCUT2D eigenvalue weighted by molar-refractivity contribution is -0.139. The average Bonchev–Trinajstić information content (AvgIpc) is 3.85. The Morgan fingerprint density at radius 3 is 1.92 bits per heavy atom. The standard InChI is InChI=1S/C49H55ClN8O8/c1-24-33-23-38(58(42(24)33)47(60)41(55-49(62)64-3)26-12-16-66-17-13-26)44-51-34-9-8-30(20-35(34)52-44)28-4-5-29-19-31(7-6-27(29)18-28)39-43(50)56-45(53-39)37-22-32-21-36(32)57(37)46(59)40(54-48(61)63-2)25-10-14-65-15-11-25/h4-9,18-20,24-26,32-33,36-38,40-42H,10-17,21-23H2,1-3H3,(H,51,52)(H,53,56)(H,54,61)(H,55,62)/t24-,32-,33?,36-,37+,38+,40+,41+,42?/m1/s1. The molecular formula is C49H55ClN8O8. The van der Waals surface area contributed by atoms with E-state index in [1.807, 2.05) is 21.9 Å². The summed E-state index contributed by atoms with van der Waals surface area (Å²) in [4.78, 5) is 74.5. The van der Waals surface area contributed by atoms with Crippen LogP contribution in [0.15, 0.2) is 54.6 Å². The largest absolute Gasteiger partial charge is 0.453 e. The number of nitrogens with one attached hydrogen (secondary N) is 4. The summed E-state index contributed by atoms with van der Waals surface area (Å²) in [5.74, 6) is 2.25. The molecule has 0 spiro atoms. The number of ether oxygens (including phenoxy) is 4. The Morgan fingerprint density at radius 1 is 0.712 bits per heavy atom. The van der Waals surface area contributed by atoms with E-state index >= 15 is 0 Å². The second-order valence-electron chi connectivity index (χ2n) is 19.1. The lowest BCUT2D eigenvalue weighted by Crippen LogP contribution is -2.54. The third kappa shape index (κ3) is 7.73. The second kappa shape index (κ2) is 17.2. The Bertz CT molecular complexity index is 2710. The van der Waals surface area contributed by atoms with Crippen LogP contribution in [0.4, 0.5) is 9.59 Å². The maximum Gasteiger partial charge on any atom is 0.407 e. The van der Waals surface area contributed by atoms with E-state index < -0.39 is 24.3 Å². The normalized spacial score (nSPS) is 27.0. The van der Waals surface area contributed by atoms with E-state index in [4.69, 9.17) is 40.5 Å². The van der Waals surface area contributed by atoms with Crippen LogP contribution < -0.4 is 10.6 Å². The maximum atomic E-state index is 14.5. The molecule has 16 nitrogen and oxygen atoms in total. The first-order valence-electron chi connectivity index (χ1n) is 23.4. The number of H-pyrrole nitrogens is 2. The van der Waals surface area contributed by atoms with E-state index in [1.165, 1.54) is 14.2 Å². The maximum absolute atomic E-state index is 14.5. The summed E-state index contributed by atoms with van der Waals surface area (Å²) in [6, 6.07) is 17.1. The zero-order valence-corrected chi connectivity index (χ0v) is 38.0. The summed E-state index contributed by atoms with van der Waals surface area (Å²) in [7, 11) is 2.63. The van der Waals surface area contributed by atoms with Gasteiger partial charge in [-0.15, -0.1) is 0 Å². The van der Waals surface area contributed by atoms with Gasteiger partial charge in [-0.1, -0.05) is 48.9 Å². The van der Waals surface area contributed by atoms with Gasteiger partial charge < -0.3 is 49.3 Å². The molecule has 3 aromatic carbocycles. The number of piperidine rings is 2. The van der Waals surface area contributed by atoms with Crippen molar-refractivity contribution >= 4 is 57.4 Å². The van der Waals surface area contributed by atoms with Gasteiger partial charge >= 0.3 is 12.2 Å². The highest BCUT2D eigenvalue weighted by Crippen LogP contribution is 2.58. The van der Waals surface area contributed by atoms with Crippen molar-refractivity contribution in [1.29, 1.82) is 0 Å². The minimum atomic E-state index is -0.716. The molecule has 11 rings (SSSR count). The Balaban J connectivity index is 0.820. The average molecular weight is 919 g/mol. The van der Waals surface area contributed by atoms with Crippen LogP contribution >= 0.6 is 11.6 Å². The Hall–Kier alpha value is -5.71. The van der Waals surface area contributed by atoms with Crippen LogP contribution in [0.3, 0.4) is 0 Å². The number of hydrogen-bond acceptors (Lipinski definition) is 10. The van der Waals surface area contributed by atoms with Crippen molar-refractivity contribution in [3.63, 3.8) is 0 Å². The van der Waals surface area contributed by atoms with Crippen molar-refractivity contribution in [3.05, 3.63) is 71.4 Å². The first kappa shape index (κ1) is 42.9. The van der Waals surface area contributed by atoms with Gasteiger partial charge in [0.25, 0.3) is 0 Å². The number of methoxy groups -OCH3 is 2. The number of imidazole rings is 2. The zero-order valence-electron chi connectivity index (χ0n) is 37.3. The monoisotopic (exact) mass is 918 g/mol. The molecule has 9 atom stereocenters. The third-order valence-electron chi connectivity index (χ3n) is 15.5. The van der Waals surface area contributed by atoms with Crippen molar-refractivity contribution in [2.24, 2.45) is 29.6 Å². The van der Waals surface area contributed by atoms with Crippen LogP contribution in [0.25, 0.3) is 44.2 Å². The predicted molar refractivity (Wildman–Crippen MR) is 244 cm³/mol. The van der Waals surface area contributed by atoms with Crippen molar-refractivity contribution in [1.82, 2.24) is 40.4 Å². The van der Waals surface area contributed by atoms with Gasteiger partial charge in [0.2, 0.25) is 11.8 Å². The van der Waals surface area contributed by atoms with Gasteiger partial charge in [0.15, 0.2) is 5.15 Å². The molecular weight excluding hydrogens is 864 g/mol. The molecule has 2 saturated carbocycles. The van der Waals surface area contributed by atoms with Gasteiger partial charge in [0, 0.05) is 44.1 Å². The second-order valence-corrected chi connectivity index (χ2v) is 19.5. The summed E-state index contributed by atoms with van der Waals surface area (Å²) in [6.45, 7) is 4.39. The molecule has 6 fully saturated rings. The molecule has 2 aromatic heterocycles. The number of carbonyl (C=O) groups excluding carboxylic acids is 4. The summed E-state index contributed by atoms with van der Waals surface area (Å²) in [6.07, 6.45) is 4.02. The van der Waals surface area contributed by atoms with Gasteiger partial charge in [-0.25, -0.2) is 19.6 Å². The highest BCUT2D eigenvalue weighted by molar-refractivity contribution is 6.32. The van der Waals surface area contributed by atoms with Crippen LogP contribution in [0, 0.1) is 29.6 Å². The Kier molecular flexibility index (Phi) is 11.2. The highest BCUT2D eigenvalue weighted by atomic mass is 35.5. The lowest BCUT2D eigenvalue weighted by atomic mass is 9.90. The van der Waals surface area contributed by atoms with Gasteiger partial charge in [-0.2, -0.15) is 0 Å². The fourth-order valence-corrected chi connectivity index (χ4v) is 11.9. The first-order valence-corrected chi connectivity index (χ1v) is 23.7. The Labute approximate surface area is 386 Å². The number of amides is 4. The highest BCUT2D eigenvalue weighted by Gasteiger charge is 2.62. The fourth-order valence-electron chi connectivity index (χ4n) is 11.7. The van der Waals surface area contributed by atoms with E-state index in [0.29, 0.717) is 86.5 Å². The van der Waals surface area contributed by atoms with Crippen molar-refractivity contribution < 1.29 is 38.1 Å². The number of carbonyl (C=O) groups is 4. The quantitative estimate of drug-likeness (QED) is 0.111. The van der Waals surface area contributed by atoms with Crippen LogP contribution in [0.1, 0.15) is 75.6 Å². The van der Waals surface area contributed by atoms with Crippen molar-refractivity contribution in [3.8, 4) is 22.4 Å². The molecule has 66 heavy (non-hydrogen) atoms. The number of benzene rings is 3. The molecule has 4 N–H and O–H groups in total. The topological polar surface area (TPSA) is 193 Å². The van der Waals surface area contributed by atoms with E-state index in [1.54, 1.807) is 0 Å².